The average Bonchev–Trinajstić information content (AvgIpc) is 2.98. The minimum Gasteiger partial charge on any atom is -0.207 e. The Balaban J connectivity index is 1.99. The predicted octanol–water partition coefficient (Wildman–Crippen LogP) is 3.92. The molecule has 1 saturated heterocycles. The van der Waals surface area contributed by atoms with Crippen molar-refractivity contribution < 1.29 is 12.8 Å². The Morgan fingerprint density at radius 3 is 2.50 bits per heavy atom. The van der Waals surface area contributed by atoms with Crippen molar-refractivity contribution in [2.45, 2.75) is 10.3 Å². The molecule has 0 bridgehead atoms. The molecule has 1 heterocycles. The molecule has 0 aromatic heterocycles. The second-order valence-corrected chi connectivity index (χ2v) is 8.30. The lowest BCUT2D eigenvalue weighted by molar-refractivity contribution is 0.434. The lowest BCUT2D eigenvalue weighted by Crippen LogP contribution is -2.30. The normalized spacial score (nSPS) is 19.5. The maximum absolute atomic E-state index is 13.0. The largest absolute Gasteiger partial charge is 0.244 e. The molecule has 0 unspecified atom stereocenters. The van der Waals surface area contributed by atoms with E-state index < -0.39 is 15.8 Å². The van der Waals surface area contributed by atoms with Gasteiger partial charge in [-0.2, -0.15) is 4.31 Å². The zero-order chi connectivity index (χ0) is 15.7. The third-order valence-corrected chi connectivity index (χ3v) is 7.04. The summed E-state index contributed by atoms with van der Waals surface area (Å²) in [6, 6.07) is 12.1. The predicted molar refractivity (Wildman–Crippen MR) is 86.9 cm³/mol. The minimum absolute atomic E-state index is 0.0912. The summed E-state index contributed by atoms with van der Waals surface area (Å²) in [6.45, 7) is 0.403. The number of benzene rings is 2. The van der Waals surface area contributed by atoms with E-state index in [9.17, 15) is 12.8 Å². The van der Waals surface area contributed by atoms with Crippen LogP contribution in [0.2, 0.25) is 5.02 Å². The van der Waals surface area contributed by atoms with Crippen LogP contribution in [0.15, 0.2) is 53.4 Å². The minimum atomic E-state index is -3.68. The average molecular weight is 358 g/mol. The topological polar surface area (TPSA) is 37.4 Å². The van der Waals surface area contributed by atoms with Gasteiger partial charge in [0, 0.05) is 17.3 Å². The first-order chi connectivity index (χ1) is 10.5. The van der Waals surface area contributed by atoms with Crippen LogP contribution in [0.4, 0.5) is 4.39 Å². The first-order valence-corrected chi connectivity index (χ1v) is 9.50. The molecule has 2 aromatic carbocycles. The first-order valence-electron chi connectivity index (χ1n) is 6.63. The van der Waals surface area contributed by atoms with Gasteiger partial charge in [-0.05, 0) is 35.9 Å². The van der Waals surface area contributed by atoms with Crippen molar-refractivity contribution >= 4 is 33.4 Å². The molecule has 1 fully saturated rings. The Hall–Kier alpha value is -1.08. The van der Waals surface area contributed by atoms with E-state index in [1.807, 2.05) is 18.2 Å². The zero-order valence-corrected chi connectivity index (χ0v) is 13.8. The van der Waals surface area contributed by atoms with E-state index in [1.54, 1.807) is 6.07 Å². The van der Waals surface area contributed by atoms with Crippen molar-refractivity contribution in [3.8, 4) is 0 Å². The van der Waals surface area contributed by atoms with Crippen LogP contribution in [0, 0.1) is 5.82 Å². The Kier molecular flexibility index (Phi) is 4.45. The third-order valence-electron chi connectivity index (χ3n) is 3.44. The number of thioether (sulfide) groups is 1. The molecular weight excluding hydrogens is 345 g/mol. The summed E-state index contributed by atoms with van der Waals surface area (Å²) in [5.41, 5.74) is 0.775. The van der Waals surface area contributed by atoms with Gasteiger partial charge in [-0.3, -0.25) is 0 Å². The summed E-state index contributed by atoms with van der Waals surface area (Å²) in [7, 11) is -3.68. The standard InChI is InChI=1S/C15H13ClFNO2S2/c16-14-4-2-1-3-13(14)15-18(9-10-21-15)22(19,20)12-7-5-11(17)6-8-12/h1-8,15H,9-10H2/t15-/m0/s1. The summed E-state index contributed by atoms with van der Waals surface area (Å²) in [4.78, 5) is 0.0912. The number of rotatable bonds is 3. The number of hydrogen-bond acceptors (Lipinski definition) is 3. The van der Waals surface area contributed by atoms with Crippen molar-refractivity contribution in [3.05, 3.63) is 64.9 Å². The molecule has 3 nitrogen and oxygen atoms in total. The monoisotopic (exact) mass is 357 g/mol. The Labute approximate surface area is 138 Å². The molecule has 2 aromatic rings. The zero-order valence-electron chi connectivity index (χ0n) is 11.4. The van der Waals surface area contributed by atoms with Crippen molar-refractivity contribution in [1.29, 1.82) is 0 Å². The van der Waals surface area contributed by atoms with Crippen LogP contribution in [-0.2, 0) is 10.0 Å². The molecule has 0 N–H and O–H groups in total. The highest BCUT2D eigenvalue weighted by Crippen LogP contribution is 2.43. The van der Waals surface area contributed by atoms with E-state index in [1.165, 1.54) is 28.2 Å². The lowest BCUT2D eigenvalue weighted by Gasteiger charge is -2.24. The second-order valence-electron chi connectivity index (χ2n) is 4.81. The lowest BCUT2D eigenvalue weighted by atomic mass is 10.2. The van der Waals surface area contributed by atoms with Crippen molar-refractivity contribution in [1.82, 2.24) is 4.31 Å². The highest BCUT2D eigenvalue weighted by Gasteiger charge is 2.37. The molecule has 3 rings (SSSR count). The van der Waals surface area contributed by atoms with Crippen molar-refractivity contribution in [2.24, 2.45) is 0 Å². The van der Waals surface area contributed by atoms with Gasteiger partial charge in [0.25, 0.3) is 0 Å². The fourth-order valence-corrected chi connectivity index (χ4v) is 5.94. The molecule has 22 heavy (non-hydrogen) atoms. The van der Waals surface area contributed by atoms with E-state index in [4.69, 9.17) is 11.6 Å². The van der Waals surface area contributed by atoms with Crippen LogP contribution in [-0.4, -0.2) is 25.0 Å². The summed E-state index contributed by atoms with van der Waals surface area (Å²) in [5.74, 6) is 0.230. The Bertz CT molecular complexity index is 780. The van der Waals surface area contributed by atoms with Gasteiger partial charge in [0.2, 0.25) is 10.0 Å². The maximum Gasteiger partial charge on any atom is 0.244 e. The van der Waals surface area contributed by atoms with Gasteiger partial charge in [0.1, 0.15) is 5.82 Å². The van der Waals surface area contributed by atoms with Crippen molar-refractivity contribution in [3.63, 3.8) is 0 Å². The van der Waals surface area contributed by atoms with E-state index in [2.05, 4.69) is 0 Å². The van der Waals surface area contributed by atoms with Crippen LogP contribution in [0.1, 0.15) is 10.9 Å². The molecule has 0 radical (unpaired) electrons. The Morgan fingerprint density at radius 2 is 1.82 bits per heavy atom. The number of hydrogen-bond donors (Lipinski definition) is 0. The number of halogens is 2. The molecule has 1 atom stereocenters. The summed E-state index contributed by atoms with van der Waals surface area (Å²) < 4.78 is 40.0. The molecule has 1 aliphatic rings. The molecular formula is C15H13ClFNO2S2. The fraction of sp³-hybridized carbons (Fsp3) is 0.200. The number of nitrogens with zero attached hydrogens (tertiary/aromatic N) is 1. The van der Waals surface area contributed by atoms with Crippen LogP contribution < -0.4 is 0 Å². The first kappa shape index (κ1) is 15.8. The van der Waals surface area contributed by atoms with Crippen LogP contribution >= 0.6 is 23.4 Å². The van der Waals surface area contributed by atoms with E-state index >= 15 is 0 Å². The quantitative estimate of drug-likeness (QED) is 0.835. The smallest absolute Gasteiger partial charge is 0.207 e. The summed E-state index contributed by atoms with van der Waals surface area (Å²) >= 11 is 7.73. The van der Waals surface area contributed by atoms with Crippen LogP contribution in [0.3, 0.4) is 0 Å². The molecule has 0 amide bonds. The molecule has 7 heteroatoms. The van der Waals surface area contributed by atoms with Gasteiger partial charge >= 0.3 is 0 Å². The van der Waals surface area contributed by atoms with E-state index in [0.717, 1.165) is 17.7 Å². The molecule has 0 spiro atoms. The maximum atomic E-state index is 13.0. The molecule has 0 saturated carbocycles. The number of sulfonamides is 1. The third kappa shape index (κ3) is 2.88. The van der Waals surface area contributed by atoms with E-state index in [0.29, 0.717) is 17.3 Å². The van der Waals surface area contributed by atoms with E-state index in [-0.39, 0.29) is 10.3 Å². The van der Waals surface area contributed by atoms with Gasteiger partial charge in [-0.15, -0.1) is 11.8 Å². The SMILES string of the molecule is O=S(=O)(c1ccc(F)cc1)N1CCS[C@H]1c1ccccc1Cl. The van der Waals surface area contributed by atoms with Crippen LogP contribution in [0.25, 0.3) is 0 Å². The Morgan fingerprint density at radius 1 is 1.14 bits per heavy atom. The van der Waals surface area contributed by atoms with Crippen molar-refractivity contribution in [2.75, 3.05) is 12.3 Å². The summed E-state index contributed by atoms with van der Waals surface area (Å²) in [5, 5.41) is 0.185. The van der Waals surface area contributed by atoms with Gasteiger partial charge in [0.15, 0.2) is 0 Å². The molecule has 0 aliphatic carbocycles. The fourth-order valence-electron chi connectivity index (χ4n) is 2.36. The van der Waals surface area contributed by atoms with Gasteiger partial charge in [-0.1, -0.05) is 29.8 Å². The molecule has 1 aliphatic heterocycles. The highest BCUT2D eigenvalue weighted by atomic mass is 35.5. The second kappa shape index (κ2) is 6.20. The highest BCUT2D eigenvalue weighted by molar-refractivity contribution is 8.01. The summed E-state index contributed by atoms with van der Waals surface area (Å²) in [6.07, 6.45) is 0. The van der Waals surface area contributed by atoms with Gasteiger partial charge < -0.3 is 0 Å². The van der Waals surface area contributed by atoms with Gasteiger partial charge in [0.05, 0.1) is 10.3 Å². The molecule has 116 valence electrons. The van der Waals surface area contributed by atoms with Gasteiger partial charge in [-0.25, -0.2) is 12.8 Å². The van der Waals surface area contributed by atoms with Crippen LogP contribution in [0.5, 0.6) is 0 Å².